The number of aliphatic imine (C=N–C) groups is 4. The van der Waals surface area contributed by atoms with Crippen molar-refractivity contribution in [1.29, 1.82) is 0 Å². The molecule has 1 aliphatic heterocycles. The third kappa shape index (κ3) is 11.3. The molecule has 1 heterocycles. The Morgan fingerprint density at radius 1 is 0.229 bits per heavy atom. The van der Waals surface area contributed by atoms with Gasteiger partial charge in [-0.15, -0.1) is 0 Å². The number of phenols is 4. The first-order valence-electron chi connectivity index (χ1n) is 32.9. The fraction of sp³-hybridized carbons (Fsp3) is 0.0909. The minimum absolute atomic E-state index is 0.0820. The number of phenolic OH excluding ortho intramolecular Hbond substituents is 4. The van der Waals surface area contributed by atoms with Crippen molar-refractivity contribution in [2.45, 2.75) is 53.4 Å². The van der Waals surface area contributed by atoms with E-state index >= 15 is 0 Å². The minimum Gasteiger partial charge on any atom is -0.507 e. The fourth-order valence-electron chi connectivity index (χ4n) is 13.4. The smallest absolute Gasteiger partial charge is 0.132 e. The van der Waals surface area contributed by atoms with Crippen molar-refractivity contribution in [3.05, 3.63) is 287 Å². The van der Waals surface area contributed by atoms with Gasteiger partial charge < -0.3 is 20.4 Å². The third-order valence-electron chi connectivity index (χ3n) is 19.0. The number of benzene rings is 14. The molecule has 14 aromatic carbocycles. The van der Waals surface area contributed by atoms with Gasteiger partial charge in [0.05, 0.1) is 22.7 Å². The molecule has 0 atom stereocenters. The van der Waals surface area contributed by atoms with Crippen molar-refractivity contribution in [2.24, 2.45) is 20.0 Å². The van der Waals surface area contributed by atoms with Gasteiger partial charge in [-0.25, -0.2) is 0 Å². The van der Waals surface area contributed by atoms with Gasteiger partial charge in [0.15, 0.2) is 0 Å². The van der Waals surface area contributed by atoms with Crippen molar-refractivity contribution >= 4 is 90.7 Å². The van der Waals surface area contributed by atoms with Crippen LogP contribution in [-0.4, -0.2) is 45.3 Å². The van der Waals surface area contributed by atoms with Crippen LogP contribution in [-0.2, 0) is 25.7 Å². The number of aryl methyl sites for hydroxylation is 4. The van der Waals surface area contributed by atoms with Gasteiger partial charge in [0, 0.05) is 69.4 Å². The van der Waals surface area contributed by atoms with Crippen molar-refractivity contribution in [3.63, 3.8) is 0 Å². The van der Waals surface area contributed by atoms with Gasteiger partial charge in [0.1, 0.15) is 23.0 Å². The molecule has 0 unspecified atom stereocenters. The number of rotatable bonds is 8. The molecule has 0 aromatic heterocycles. The van der Waals surface area contributed by atoms with E-state index in [2.05, 4.69) is 173 Å². The predicted octanol–water partition coefficient (Wildman–Crippen LogP) is 22.7. The summed E-state index contributed by atoms with van der Waals surface area (Å²) < 4.78 is 0. The van der Waals surface area contributed by atoms with Crippen LogP contribution in [0.2, 0.25) is 0 Å². The highest BCUT2D eigenvalue weighted by molar-refractivity contribution is 6.17. The largest absolute Gasteiger partial charge is 0.507 e. The lowest BCUT2D eigenvalue weighted by molar-refractivity contribution is 0.469. The summed E-state index contributed by atoms with van der Waals surface area (Å²) in [5, 5.41) is 58.6. The Morgan fingerprint density at radius 2 is 0.427 bits per heavy atom. The molecule has 464 valence electrons. The Balaban J connectivity index is 0.994. The third-order valence-corrected chi connectivity index (χ3v) is 19.0. The maximum absolute atomic E-state index is 13.1. The van der Waals surface area contributed by atoms with E-state index in [1.165, 1.54) is 22.3 Å². The molecule has 15 rings (SSSR count). The summed E-state index contributed by atoms with van der Waals surface area (Å²) in [5.74, 6) is -0.328. The summed E-state index contributed by atoms with van der Waals surface area (Å²) in [5.41, 5.74) is 18.3. The van der Waals surface area contributed by atoms with Gasteiger partial charge in [-0.3, -0.25) is 20.0 Å². The van der Waals surface area contributed by atoms with E-state index in [1.54, 1.807) is 24.9 Å². The second-order valence-electron chi connectivity index (χ2n) is 24.7. The average Bonchev–Trinajstić information content (AvgIpc) is 0.744. The van der Waals surface area contributed by atoms with E-state index in [0.29, 0.717) is 88.8 Å². The van der Waals surface area contributed by atoms with Crippen molar-refractivity contribution in [3.8, 4) is 89.8 Å². The summed E-state index contributed by atoms with van der Waals surface area (Å²) in [6, 6.07) is 82.0. The Kier molecular flexibility index (Phi) is 16.0. The molecule has 96 heavy (non-hydrogen) atoms. The molecular weight excluding hydrogens is 1180 g/mol. The molecule has 1 aliphatic rings. The zero-order valence-electron chi connectivity index (χ0n) is 53.8. The lowest BCUT2D eigenvalue weighted by atomic mass is 9.87. The van der Waals surface area contributed by atoms with Crippen LogP contribution in [0, 0.1) is 0 Å². The number of aromatic hydroxyl groups is 4. The monoisotopic (exact) mass is 1240 g/mol. The Morgan fingerprint density at radius 3 is 0.625 bits per heavy atom. The van der Waals surface area contributed by atoms with Gasteiger partial charge in [-0.1, -0.05) is 198 Å². The van der Waals surface area contributed by atoms with E-state index in [0.717, 1.165) is 91.7 Å². The van der Waals surface area contributed by atoms with Gasteiger partial charge in [-0.05, 0) is 208 Å². The molecule has 0 spiro atoms. The second kappa shape index (κ2) is 25.5. The maximum Gasteiger partial charge on any atom is 0.132 e. The molecule has 0 saturated carbocycles. The number of nitrogens with zero attached hydrogens (tertiary/aromatic N) is 4. The SMILES string of the molecule is CCc1ccc(-c2ccc3c4c(O)c(cc3c2)C=Nc2ccccc2N=Cc2cc3cc(-c5ccc(CC)cc5)ccc3c(c2O)-c2c(O)c(cc3cc(-c5ccc(CC)cc5)ccc23)C=Nc2ccccc2N=Cc2cc3cc(-c5ccc(CC)cc5)ccc3c-4c2O)cc1. The van der Waals surface area contributed by atoms with Crippen molar-refractivity contribution < 1.29 is 20.4 Å². The van der Waals surface area contributed by atoms with Crippen LogP contribution in [0.3, 0.4) is 0 Å². The van der Waals surface area contributed by atoms with Crippen LogP contribution in [0.4, 0.5) is 22.7 Å². The molecule has 14 aromatic rings. The first-order chi connectivity index (χ1) is 47.0. The van der Waals surface area contributed by atoms with Crippen molar-refractivity contribution in [2.75, 3.05) is 0 Å². The summed E-state index contributed by atoms with van der Waals surface area (Å²) in [6.45, 7) is 8.59. The van der Waals surface area contributed by atoms with E-state index in [9.17, 15) is 20.4 Å². The normalized spacial score (nSPS) is 12.1. The highest BCUT2D eigenvalue weighted by Gasteiger charge is 2.26. The first kappa shape index (κ1) is 60.3. The molecule has 8 bridgehead atoms. The summed E-state index contributed by atoms with van der Waals surface area (Å²) in [4.78, 5) is 20.5. The number of hydrogen-bond acceptors (Lipinski definition) is 8. The topological polar surface area (TPSA) is 130 Å². The highest BCUT2D eigenvalue weighted by atomic mass is 16.3. The van der Waals surface area contributed by atoms with E-state index < -0.39 is 0 Å². The van der Waals surface area contributed by atoms with Crippen LogP contribution in [0.5, 0.6) is 23.0 Å². The zero-order valence-corrected chi connectivity index (χ0v) is 53.8. The Bertz CT molecular complexity index is 4840. The number of fused-ring (bicyclic) bond motifs is 20. The molecule has 8 nitrogen and oxygen atoms in total. The molecule has 4 N–H and O–H groups in total. The van der Waals surface area contributed by atoms with Gasteiger partial charge in [0.2, 0.25) is 0 Å². The summed E-state index contributed by atoms with van der Waals surface area (Å²) in [7, 11) is 0. The van der Waals surface area contributed by atoms with Gasteiger partial charge in [0.25, 0.3) is 0 Å². The van der Waals surface area contributed by atoms with E-state index in [1.807, 2.05) is 97.1 Å². The van der Waals surface area contributed by atoms with Crippen LogP contribution in [0.25, 0.3) is 110 Å². The molecule has 0 radical (unpaired) electrons. The zero-order chi connectivity index (χ0) is 65.6. The number of hydrogen-bond donors (Lipinski definition) is 4. The van der Waals surface area contributed by atoms with Crippen LogP contribution in [0.1, 0.15) is 72.2 Å². The second-order valence-corrected chi connectivity index (χ2v) is 24.7. The van der Waals surface area contributed by atoms with Crippen molar-refractivity contribution in [1.82, 2.24) is 0 Å². The first-order valence-corrected chi connectivity index (χ1v) is 32.9. The molecule has 0 amide bonds. The van der Waals surface area contributed by atoms with E-state index in [-0.39, 0.29) is 23.0 Å². The quantitative estimate of drug-likeness (QED) is 0.121. The minimum atomic E-state index is -0.0820. The molecule has 0 saturated heterocycles. The van der Waals surface area contributed by atoms with Crippen LogP contribution < -0.4 is 0 Å². The maximum atomic E-state index is 13.1. The highest BCUT2D eigenvalue weighted by Crippen LogP contribution is 2.51. The average molecular weight is 1250 g/mol. The molecular formula is C88H68N4O4. The lowest BCUT2D eigenvalue weighted by Crippen LogP contribution is -1.95. The Labute approximate surface area is 558 Å². The van der Waals surface area contributed by atoms with Crippen LogP contribution >= 0.6 is 0 Å². The van der Waals surface area contributed by atoms with Gasteiger partial charge >= 0.3 is 0 Å². The lowest BCUT2D eigenvalue weighted by Gasteiger charge is -2.19. The standard InChI is InChI=1S/C88H68N4O4/c1-5-53-17-25-57(26-18-53)61-33-37-73-65(41-61)45-69-49-89-77-13-9-10-14-78(77)91-51-71-47-67-43-63(59-29-21-55(7-3)22-30-59)35-39-75(67)83(87(71)95)84-76-40-36-64(60-31-23-56(8-4)24-32-60)44-68(76)48-72(88(84)96)52-92-80-16-12-11-15-79(80)90-50-70-46-66-42-62(58-27-19-54(6-2)20-28-58)34-38-74(66)82(86(70)94)81(73)85(69)93/h9-52,93-96H,5-8H2,1-4H3. The van der Waals surface area contributed by atoms with E-state index in [4.69, 9.17) is 20.0 Å². The predicted molar refractivity (Wildman–Crippen MR) is 402 cm³/mol. The summed E-state index contributed by atoms with van der Waals surface area (Å²) >= 11 is 0. The molecule has 0 fully saturated rings. The molecule has 0 aliphatic carbocycles. The number of para-hydroxylation sites is 4. The summed E-state index contributed by atoms with van der Waals surface area (Å²) in [6.07, 6.45) is 10.3. The van der Waals surface area contributed by atoms with Crippen LogP contribution in [0.15, 0.2) is 263 Å². The fourth-order valence-corrected chi connectivity index (χ4v) is 13.4. The Hall–Kier alpha value is -12.0. The molecule has 8 heteroatoms. The van der Waals surface area contributed by atoms with Gasteiger partial charge in [-0.2, -0.15) is 0 Å².